The van der Waals surface area contributed by atoms with Gasteiger partial charge in [0.25, 0.3) is 0 Å². The van der Waals surface area contributed by atoms with Crippen molar-refractivity contribution >= 4 is 18.5 Å². The highest BCUT2D eigenvalue weighted by molar-refractivity contribution is 5.81. The summed E-state index contributed by atoms with van der Waals surface area (Å²) >= 11 is 0. The minimum atomic E-state index is 0.587. The zero-order chi connectivity index (χ0) is 21.8. The maximum atomic E-state index is 5.43. The molecule has 0 aliphatic carbocycles. The number of benzene rings is 2. The Morgan fingerprint density at radius 2 is 1.90 bits per heavy atom. The maximum absolute atomic E-state index is 5.43. The van der Waals surface area contributed by atoms with Gasteiger partial charge >= 0.3 is 0 Å². The van der Waals surface area contributed by atoms with Crippen molar-refractivity contribution in [1.29, 1.82) is 0 Å². The monoisotopic (exact) mass is 404 g/mol. The molecular formula is C26H36N4. The molecule has 160 valence electrons. The Hall–Kier alpha value is -2.85. The molecule has 5 N–H and O–H groups in total. The lowest BCUT2D eigenvalue weighted by Gasteiger charge is -2.16. The number of nitrogens with two attached hydrogens (primary N) is 2. The van der Waals surface area contributed by atoms with Crippen LogP contribution in [0.15, 0.2) is 65.3 Å². The molecule has 30 heavy (non-hydrogen) atoms. The van der Waals surface area contributed by atoms with Gasteiger partial charge in [-0.15, -0.1) is 0 Å². The van der Waals surface area contributed by atoms with Crippen LogP contribution in [0.2, 0.25) is 0 Å². The lowest BCUT2D eigenvalue weighted by molar-refractivity contribution is 0.475. The van der Waals surface area contributed by atoms with Crippen LogP contribution in [0.25, 0.3) is 12.7 Å². The number of rotatable bonds is 10. The lowest BCUT2D eigenvalue weighted by atomic mass is 9.91. The molecule has 0 aromatic heterocycles. The summed E-state index contributed by atoms with van der Waals surface area (Å²) in [6.45, 7) is 8.51. The Morgan fingerprint density at radius 3 is 2.60 bits per heavy atom. The van der Waals surface area contributed by atoms with Crippen molar-refractivity contribution in [2.24, 2.45) is 22.7 Å². The Kier molecular flexibility index (Phi) is 9.88. The number of hydrogen-bond acceptors (Lipinski definition) is 3. The van der Waals surface area contributed by atoms with E-state index in [1.165, 1.54) is 21.9 Å². The van der Waals surface area contributed by atoms with Crippen LogP contribution < -0.4 is 27.5 Å². The molecule has 1 unspecified atom stereocenters. The number of nitrogens with zero attached hydrogens (tertiary/aromatic N) is 1. The van der Waals surface area contributed by atoms with Crippen molar-refractivity contribution in [3.05, 3.63) is 81.7 Å². The Labute approximate surface area is 181 Å². The second-order valence-corrected chi connectivity index (χ2v) is 7.94. The van der Waals surface area contributed by atoms with E-state index in [1.807, 2.05) is 12.1 Å². The van der Waals surface area contributed by atoms with Crippen molar-refractivity contribution in [2.45, 2.75) is 52.4 Å². The van der Waals surface area contributed by atoms with Gasteiger partial charge in [-0.25, -0.2) is 5.84 Å². The van der Waals surface area contributed by atoms with Crippen LogP contribution in [0.4, 0.5) is 0 Å². The van der Waals surface area contributed by atoms with Gasteiger partial charge in [0.2, 0.25) is 0 Å². The summed E-state index contributed by atoms with van der Waals surface area (Å²) in [5.74, 6) is 12.0. The van der Waals surface area contributed by atoms with Gasteiger partial charge in [-0.1, -0.05) is 86.2 Å². The first-order chi connectivity index (χ1) is 14.5. The van der Waals surface area contributed by atoms with Crippen molar-refractivity contribution in [3.8, 4) is 0 Å². The van der Waals surface area contributed by atoms with Crippen LogP contribution >= 0.6 is 0 Å². The molecule has 0 saturated heterocycles. The minimum absolute atomic E-state index is 0.587. The number of allylic oxidation sites excluding steroid dienone is 2. The van der Waals surface area contributed by atoms with Crippen molar-refractivity contribution < 1.29 is 0 Å². The number of aryl methyl sites for hydroxylation is 1. The van der Waals surface area contributed by atoms with Crippen LogP contribution in [0.1, 0.15) is 50.7 Å². The molecule has 0 bridgehead atoms. The zero-order valence-corrected chi connectivity index (χ0v) is 18.4. The van der Waals surface area contributed by atoms with Gasteiger partial charge in [0.15, 0.2) is 0 Å². The smallest absolute Gasteiger partial charge is 0.135 e. The van der Waals surface area contributed by atoms with E-state index in [9.17, 15) is 0 Å². The summed E-state index contributed by atoms with van der Waals surface area (Å²) in [4.78, 5) is 0. The summed E-state index contributed by atoms with van der Waals surface area (Å²) in [6.07, 6.45) is 10.5. The van der Waals surface area contributed by atoms with Crippen molar-refractivity contribution in [3.63, 3.8) is 0 Å². The van der Waals surface area contributed by atoms with Crippen LogP contribution in [-0.2, 0) is 12.8 Å². The molecule has 2 rings (SSSR count). The topological polar surface area (TPSA) is 76.4 Å². The number of hydrogen-bond donors (Lipinski definition) is 3. The Balaban J connectivity index is 1.94. The van der Waals surface area contributed by atoms with Crippen molar-refractivity contribution in [1.82, 2.24) is 5.43 Å². The standard InChI is InChI=1S/C26H36N4/c1-4-22(15-17-26(29-27)30-28)18-24-10-7-9-23(19-24)14-12-20(2)13-16-25-11-6-5-8-21(25)3/h5-11,13,16,19,22H,3-4,12,14-15,17-18,27-28H2,1-2H3,(H,29,30)/b20-13+,25-16-. The van der Waals surface area contributed by atoms with Gasteiger partial charge in [-0.05, 0) is 60.1 Å². The third-order valence-electron chi connectivity index (χ3n) is 5.62. The van der Waals surface area contributed by atoms with E-state index in [0.717, 1.165) is 43.7 Å². The van der Waals surface area contributed by atoms with E-state index in [-0.39, 0.29) is 0 Å². The van der Waals surface area contributed by atoms with Gasteiger partial charge in [-0.2, -0.15) is 5.10 Å². The third-order valence-corrected chi connectivity index (χ3v) is 5.62. The van der Waals surface area contributed by atoms with E-state index in [0.29, 0.717) is 11.8 Å². The van der Waals surface area contributed by atoms with Crippen LogP contribution in [0, 0.1) is 5.92 Å². The molecule has 1 atom stereocenters. The molecule has 0 fully saturated rings. The summed E-state index contributed by atoms with van der Waals surface area (Å²) in [5, 5.41) is 5.92. The third kappa shape index (κ3) is 7.88. The summed E-state index contributed by atoms with van der Waals surface area (Å²) < 4.78 is 0. The molecule has 2 aromatic carbocycles. The van der Waals surface area contributed by atoms with Crippen LogP contribution in [0.5, 0.6) is 0 Å². The fourth-order valence-corrected chi connectivity index (χ4v) is 3.56. The highest BCUT2D eigenvalue weighted by Gasteiger charge is 2.10. The van der Waals surface area contributed by atoms with Gasteiger partial charge in [-0.3, -0.25) is 0 Å². The van der Waals surface area contributed by atoms with E-state index < -0.39 is 0 Å². The largest absolute Gasteiger partial charge is 0.322 e. The molecule has 0 radical (unpaired) electrons. The van der Waals surface area contributed by atoms with Gasteiger partial charge in [0, 0.05) is 6.42 Å². The van der Waals surface area contributed by atoms with Crippen LogP contribution in [-0.4, -0.2) is 5.84 Å². The van der Waals surface area contributed by atoms with Gasteiger partial charge < -0.3 is 11.3 Å². The second kappa shape index (κ2) is 12.7. The number of hydrazine groups is 1. The normalized spacial score (nSPS) is 14.0. The number of amidine groups is 1. The molecule has 2 aromatic rings. The first-order valence-corrected chi connectivity index (χ1v) is 10.8. The Bertz CT molecular complexity index is 959. The number of hydrazone groups is 1. The predicted molar refractivity (Wildman–Crippen MR) is 130 cm³/mol. The summed E-state index contributed by atoms with van der Waals surface area (Å²) in [7, 11) is 0. The molecule has 0 aliphatic heterocycles. The van der Waals surface area contributed by atoms with E-state index >= 15 is 0 Å². The molecule has 0 heterocycles. The highest BCUT2D eigenvalue weighted by atomic mass is 15.3. The van der Waals surface area contributed by atoms with E-state index in [1.54, 1.807) is 0 Å². The molecule has 0 spiro atoms. The average Bonchev–Trinajstić information content (AvgIpc) is 2.77. The Morgan fingerprint density at radius 1 is 1.13 bits per heavy atom. The molecule has 4 nitrogen and oxygen atoms in total. The maximum Gasteiger partial charge on any atom is 0.135 e. The van der Waals surface area contributed by atoms with Crippen LogP contribution in [0.3, 0.4) is 0 Å². The molecule has 0 amide bonds. The minimum Gasteiger partial charge on any atom is -0.322 e. The first-order valence-electron chi connectivity index (χ1n) is 10.8. The van der Waals surface area contributed by atoms with Gasteiger partial charge in [0.05, 0.1) is 0 Å². The van der Waals surface area contributed by atoms with E-state index in [4.69, 9.17) is 11.7 Å². The highest BCUT2D eigenvalue weighted by Crippen LogP contribution is 2.19. The first kappa shape index (κ1) is 23.4. The quantitative estimate of drug-likeness (QED) is 0.245. The zero-order valence-electron chi connectivity index (χ0n) is 18.4. The average molecular weight is 405 g/mol. The fraction of sp³-hybridized carbons (Fsp3) is 0.346. The molecule has 0 aliphatic rings. The second-order valence-electron chi connectivity index (χ2n) is 7.94. The fourth-order valence-electron chi connectivity index (χ4n) is 3.56. The predicted octanol–water partition coefficient (Wildman–Crippen LogP) is 3.54. The molecule has 4 heteroatoms. The van der Waals surface area contributed by atoms with E-state index in [2.05, 4.69) is 79.5 Å². The summed E-state index contributed by atoms with van der Waals surface area (Å²) in [6, 6.07) is 17.2. The molecule has 0 saturated carbocycles. The van der Waals surface area contributed by atoms with Gasteiger partial charge in [0.1, 0.15) is 5.84 Å². The lowest BCUT2D eigenvalue weighted by Crippen LogP contribution is -2.31. The SMILES string of the molecule is C=c1cccc/c1=C/C=C(\C)CCc1cccc(CC(CC)CC/C(=N/N)NN)c1. The summed E-state index contributed by atoms with van der Waals surface area (Å²) in [5.41, 5.74) is 6.73. The molecular weight excluding hydrogens is 368 g/mol. The number of nitrogens with one attached hydrogen (secondary N) is 1. The van der Waals surface area contributed by atoms with Crippen molar-refractivity contribution in [2.75, 3.05) is 0 Å².